The van der Waals surface area contributed by atoms with Crippen molar-refractivity contribution in [1.82, 2.24) is 5.32 Å². The molecule has 17 heavy (non-hydrogen) atoms. The molecule has 0 saturated heterocycles. The molecule has 1 rings (SSSR count). The SMILES string of the molecule is C#CC(NCCCOc1ccccc1)C(C)C. The normalized spacial score (nSPS) is 12.1. The van der Waals surface area contributed by atoms with Gasteiger partial charge in [-0.15, -0.1) is 6.42 Å². The molecule has 0 radical (unpaired) electrons. The largest absolute Gasteiger partial charge is 0.494 e. The Kier molecular flexibility index (Phi) is 6.21. The lowest BCUT2D eigenvalue weighted by molar-refractivity contribution is 0.304. The minimum absolute atomic E-state index is 0.159. The smallest absolute Gasteiger partial charge is 0.119 e. The number of nitrogens with one attached hydrogen (secondary N) is 1. The Morgan fingerprint density at radius 3 is 2.59 bits per heavy atom. The number of terminal acetylenes is 1. The maximum atomic E-state index is 5.59. The summed E-state index contributed by atoms with van der Waals surface area (Å²) in [6.07, 6.45) is 6.39. The Morgan fingerprint density at radius 2 is 2.00 bits per heavy atom. The molecule has 1 aromatic carbocycles. The molecule has 0 aliphatic heterocycles. The van der Waals surface area contributed by atoms with Crippen LogP contribution in [0, 0.1) is 18.3 Å². The molecule has 1 N–H and O–H groups in total. The number of rotatable bonds is 7. The van der Waals surface area contributed by atoms with E-state index in [0.29, 0.717) is 12.5 Å². The van der Waals surface area contributed by atoms with Gasteiger partial charge in [0.15, 0.2) is 0 Å². The summed E-state index contributed by atoms with van der Waals surface area (Å²) in [5.41, 5.74) is 0. The highest BCUT2D eigenvalue weighted by atomic mass is 16.5. The van der Waals surface area contributed by atoms with E-state index < -0.39 is 0 Å². The molecule has 1 unspecified atom stereocenters. The summed E-state index contributed by atoms with van der Waals surface area (Å²) in [7, 11) is 0. The van der Waals surface area contributed by atoms with Gasteiger partial charge in [0.25, 0.3) is 0 Å². The molecule has 2 nitrogen and oxygen atoms in total. The molecule has 92 valence electrons. The van der Waals surface area contributed by atoms with E-state index in [1.165, 1.54) is 0 Å². The van der Waals surface area contributed by atoms with Crippen molar-refractivity contribution in [3.63, 3.8) is 0 Å². The summed E-state index contributed by atoms with van der Waals surface area (Å²) in [5.74, 6) is 4.15. The average molecular weight is 231 g/mol. The summed E-state index contributed by atoms with van der Waals surface area (Å²) in [4.78, 5) is 0. The second-order valence-corrected chi connectivity index (χ2v) is 4.36. The van der Waals surface area contributed by atoms with Gasteiger partial charge >= 0.3 is 0 Å². The third-order valence-corrected chi connectivity index (χ3v) is 2.54. The van der Waals surface area contributed by atoms with Crippen LogP contribution in [0.15, 0.2) is 30.3 Å². The molecule has 0 bridgehead atoms. The summed E-state index contributed by atoms with van der Waals surface area (Å²) in [6.45, 7) is 5.85. The Balaban J connectivity index is 2.11. The van der Waals surface area contributed by atoms with Crippen molar-refractivity contribution < 1.29 is 4.74 Å². The topological polar surface area (TPSA) is 21.3 Å². The molecule has 0 aliphatic rings. The van der Waals surface area contributed by atoms with E-state index in [2.05, 4.69) is 25.1 Å². The third kappa shape index (κ3) is 5.42. The summed E-state index contributed by atoms with van der Waals surface area (Å²) < 4.78 is 5.59. The number of ether oxygens (including phenoxy) is 1. The fourth-order valence-corrected chi connectivity index (χ4v) is 1.52. The van der Waals surface area contributed by atoms with Gasteiger partial charge in [-0.05, 0) is 31.0 Å². The molecule has 0 aliphatic carbocycles. The fourth-order valence-electron chi connectivity index (χ4n) is 1.52. The van der Waals surface area contributed by atoms with E-state index >= 15 is 0 Å². The highest BCUT2D eigenvalue weighted by Crippen LogP contribution is 2.08. The van der Waals surface area contributed by atoms with E-state index in [1.807, 2.05) is 30.3 Å². The van der Waals surface area contributed by atoms with Crippen molar-refractivity contribution in [3.8, 4) is 18.1 Å². The highest BCUT2D eigenvalue weighted by molar-refractivity contribution is 5.20. The lowest BCUT2D eigenvalue weighted by Gasteiger charge is -2.16. The van der Waals surface area contributed by atoms with Crippen molar-refractivity contribution in [2.24, 2.45) is 5.92 Å². The van der Waals surface area contributed by atoms with Gasteiger partial charge in [0.05, 0.1) is 12.6 Å². The van der Waals surface area contributed by atoms with Crippen LogP contribution in [-0.4, -0.2) is 19.2 Å². The van der Waals surface area contributed by atoms with Crippen LogP contribution in [0.3, 0.4) is 0 Å². The van der Waals surface area contributed by atoms with Crippen molar-refractivity contribution in [2.75, 3.05) is 13.2 Å². The van der Waals surface area contributed by atoms with Gasteiger partial charge in [0, 0.05) is 0 Å². The summed E-state index contributed by atoms with van der Waals surface area (Å²) in [5, 5.41) is 3.34. The molecule has 0 aromatic heterocycles. The molecule has 1 aromatic rings. The number of benzene rings is 1. The van der Waals surface area contributed by atoms with E-state index in [-0.39, 0.29) is 6.04 Å². The van der Waals surface area contributed by atoms with Crippen LogP contribution in [0.1, 0.15) is 20.3 Å². The second-order valence-electron chi connectivity index (χ2n) is 4.36. The van der Waals surface area contributed by atoms with Crippen LogP contribution < -0.4 is 10.1 Å². The Labute approximate surface area is 104 Å². The van der Waals surface area contributed by atoms with Crippen LogP contribution in [0.2, 0.25) is 0 Å². The lowest BCUT2D eigenvalue weighted by Crippen LogP contribution is -2.33. The van der Waals surface area contributed by atoms with E-state index in [1.54, 1.807) is 0 Å². The van der Waals surface area contributed by atoms with Crippen LogP contribution in [0.4, 0.5) is 0 Å². The molecule has 0 fully saturated rings. The maximum Gasteiger partial charge on any atom is 0.119 e. The van der Waals surface area contributed by atoms with Gasteiger partial charge in [-0.1, -0.05) is 38.0 Å². The first-order chi connectivity index (χ1) is 8.24. The molecule has 2 heteroatoms. The second kappa shape index (κ2) is 7.76. The molecular formula is C15H21NO. The Bertz CT molecular complexity index is 340. The minimum atomic E-state index is 0.159. The summed E-state index contributed by atoms with van der Waals surface area (Å²) in [6, 6.07) is 10.0. The van der Waals surface area contributed by atoms with Crippen molar-refractivity contribution in [3.05, 3.63) is 30.3 Å². The van der Waals surface area contributed by atoms with Crippen LogP contribution in [0.25, 0.3) is 0 Å². The maximum absolute atomic E-state index is 5.59. The van der Waals surface area contributed by atoms with Gasteiger partial charge in [0.1, 0.15) is 5.75 Å². The number of para-hydroxylation sites is 1. The van der Waals surface area contributed by atoms with Crippen LogP contribution in [-0.2, 0) is 0 Å². The first kappa shape index (κ1) is 13.6. The predicted molar refractivity (Wildman–Crippen MR) is 72.0 cm³/mol. The fraction of sp³-hybridized carbons (Fsp3) is 0.467. The molecule has 1 atom stereocenters. The molecule has 0 spiro atoms. The van der Waals surface area contributed by atoms with Crippen molar-refractivity contribution in [2.45, 2.75) is 26.3 Å². The van der Waals surface area contributed by atoms with Crippen LogP contribution >= 0.6 is 0 Å². The zero-order valence-electron chi connectivity index (χ0n) is 10.6. The van der Waals surface area contributed by atoms with E-state index in [0.717, 1.165) is 18.7 Å². The first-order valence-corrected chi connectivity index (χ1v) is 6.11. The van der Waals surface area contributed by atoms with Gasteiger partial charge < -0.3 is 10.1 Å². The number of hydrogen-bond donors (Lipinski definition) is 1. The Morgan fingerprint density at radius 1 is 1.29 bits per heavy atom. The van der Waals surface area contributed by atoms with Crippen molar-refractivity contribution in [1.29, 1.82) is 0 Å². The van der Waals surface area contributed by atoms with Gasteiger partial charge in [0.2, 0.25) is 0 Å². The zero-order chi connectivity index (χ0) is 12.5. The van der Waals surface area contributed by atoms with E-state index in [4.69, 9.17) is 11.2 Å². The number of hydrogen-bond acceptors (Lipinski definition) is 2. The lowest BCUT2D eigenvalue weighted by atomic mass is 10.1. The third-order valence-electron chi connectivity index (χ3n) is 2.54. The molecule has 0 amide bonds. The molecular weight excluding hydrogens is 210 g/mol. The van der Waals surface area contributed by atoms with Crippen LogP contribution in [0.5, 0.6) is 5.75 Å². The monoisotopic (exact) mass is 231 g/mol. The summed E-state index contributed by atoms with van der Waals surface area (Å²) >= 11 is 0. The minimum Gasteiger partial charge on any atom is -0.494 e. The molecule has 0 heterocycles. The van der Waals surface area contributed by atoms with Gasteiger partial charge in [-0.2, -0.15) is 0 Å². The van der Waals surface area contributed by atoms with Gasteiger partial charge in [-0.25, -0.2) is 0 Å². The average Bonchev–Trinajstić information content (AvgIpc) is 2.34. The van der Waals surface area contributed by atoms with Crippen molar-refractivity contribution >= 4 is 0 Å². The standard InChI is InChI=1S/C15H21NO/c1-4-15(13(2)3)16-11-8-12-17-14-9-6-5-7-10-14/h1,5-7,9-10,13,15-16H,8,11-12H2,2-3H3. The van der Waals surface area contributed by atoms with E-state index in [9.17, 15) is 0 Å². The first-order valence-electron chi connectivity index (χ1n) is 6.11. The quantitative estimate of drug-likeness (QED) is 0.575. The zero-order valence-corrected chi connectivity index (χ0v) is 10.6. The molecule has 0 saturated carbocycles. The predicted octanol–water partition coefficient (Wildman–Crippen LogP) is 2.70. The Hall–Kier alpha value is -1.46. The van der Waals surface area contributed by atoms with Gasteiger partial charge in [-0.3, -0.25) is 0 Å². The highest BCUT2D eigenvalue weighted by Gasteiger charge is 2.07.